The predicted octanol–water partition coefficient (Wildman–Crippen LogP) is 2.22. The maximum atomic E-state index is 13.1. The Morgan fingerprint density at radius 2 is 1.70 bits per heavy atom. The molecule has 0 bridgehead atoms. The van der Waals surface area contributed by atoms with Gasteiger partial charge in [0.05, 0.1) is 6.54 Å². The van der Waals surface area contributed by atoms with Crippen molar-refractivity contribution >= 4 is 15.9 Å². The summed E-state index contributed by atoms with van der Waals surface area (Å²) in [5, 5.41) is 3.75. The molecule has 0 radical (unpaired) electrons. The van der Waals surface area contributed by atoms with E-state index in [0.717, 1.165) is 37.9 Å². The van der Waals surface area contributed by atoms with Crippen LogP contribution in [0.2, 0.25) is 0 Å². The number of aromatic nitrogens is 1. The van der Waals surface area contributed by atoms with Crippen LogP contribution in [0.1, 0.15) is 29.9 Å². The number of sulfonamides is 1. The number of hydrogen-bond donors (Lipinski definition) is 0. The minimum absolute atomic E-state index is 0.0429. The van der Waals surface area contributed by atoms with Gasteiger partial charge < -0.3 is 9.42 Å². The first kappa shape index (κ1) is 23.8. The second-order valence-corrected chi connectivity index (χ2v) is 10.9. The fourth-order valence-corrected chi connectivity index (χ4v) is 6.46. The zero-order valence-corrected chi connectivity index (χ0v) is 20.0. The van der Waals surface area contributed by atoms with Crippen molar-refractivity contribution < 1.29 is 22.1 Å². The van der Waals surface area contributed by atoms with Gasteiger partial charge >= 0.3 is 0 Å². The van der Waals surface area contributed by atoms with Crippen LogP contribution in [0.25, 0.3) is 0 Å². The van der Waals surface area contributed by atoms with E-state index in [-0.39, 0.29) is 35.5 Å². The number of carbonyl (C=O) groups is 1. The molecule has 0 atom stereocenters. The second-order valence-electron chi connectivity index (χ2n) is 8.99. The lowest BCUT2D eigenvalue weighted by Crippen LogP contribution is -2.53. The highest BCUT2D eigenvalue weighted by Gasteiger charge is 2.34. The number of likely N-dealkylation sites (tertiary alicyclic amines) is 1. The fraction of sp³-hybridized carbons (Fsp3) is 0.565. The van der Waals surface area contributed by atoms with Crippen molar-refractivity contribution in [2.75, 3.05) is 45.8 Å². The minimum Gasteiger partial charge on any atom is -0.360 e. The van der Waals surface area contributed by atoms with Gasteiger partial charge in [-0.15, -0.1) is 0 Å². The number of rotatable bonds is 6. The van der Waals surface area contributed by atoms with Crippen molar-refractivity contribution in [2.45, 2.75) is 38.0 Å². The lowest BCUT2D eigenvalue weighted by molar-refractivity contribution is -0.134. The van der Waals surface area contributed by atoms with Crippen molar-refractivity contribution in [3.8, 4) is 0 Å². The summed E-state index contributed by atoms with van der Waals surface area (Å²) in [5.41, 5.74) is 1.50. The summed E-state index contributed by atoms with van der Waals surface area (Å²) in [6, 6.07) is 6.69. The van der Waals surface area contributed by atoms with Gasteiger partial charge in [-0.3, -0.25) is 9.69 Å². The summed E-state index contributed by atoms with van der Waals surface area (Å²) < 4.78 is 45.4. The van der Waals surface area contributed by atoms with E-state index >= 15 is 0 Å². The Hall–Kier alpha value is -2.30. The molecule has 0 unspecified atom stereocenters. The second kappa shape index (κ2) is 9.90. The maximum Gasteiger partial charge on any atom is 0.248 e. The van der Waals surface area contributed by atoms with Gasteiger partial charge in [0.2, 0.25) is 15.9 Å². The van der Waals surface area contributed by atoms with Crippen LogP contribution in [-0.4, -0.2) is 79.4 Å². The third kappa shape index (κ3) is 5.44. The first-order valence-electron chi connectivity index (χ1n) is 11.4. The minimum atomic E-state index is -3.68. The summed E-state index contributed by atoms with van der Waals surface area (Å²) in [4.78, 5) is 16.9. The Kier molecular flexibility index (Phi) is 7.16. The number of benzene rings is 1. The van der Waals surface area contributed by atoms with Crippen LogP contribution in [0.3, 0.4) is 0 Å². The van der Waals surface area contributed by atoms with Crippen molar-refractivity contribution in [1.82, 2.24) is 19.3 Å². The van der Waals surface area contributed by atoms with Crippen molar-refractivity contribution in [2.24, 2.45) is 5.92 Å². The van der Waals surface area contributed by atoms with Gasteiger partial charge in [-0.25, -0.2) is 12.8 Å². The van der Waals surface area contributed by atoms with Crippen LogP contribution in [0.15, 0.2) is 33.7 Å². The van der Waals surface area contributed by atoms with E-state index in [2.05, 4.69) is 10.1 Å². The Labute approximate surface area is 194 Å². The predicted molar refractivity (Wildman–Crippen MR) is 121 cm³/mol. The van der Waals surface area contributed by atoms with Crippen LogP contribution in [-0.2, 0) is 21.2 Å². The van der Waals surface area contributed by atoms with E-state index in [4.69, 9.17) is 4.52 Å². The van der Waals surface area contributed by atoms with Crippen LogP contribution in [0.4, 0.5) is 4.39 Å². The highest BCUT2D eigenvalue weighted by molar-refractivity contribution is 7.89. The molecule has 2 saturated heterocycles. The summed E-state index contributed by atoms with van der Waals surface area (Å²) in [6.07, 6.45) is 2.95. The van der Waals surface area contributed by atoms with E-state index in [1.807, 2.05) is 12.1 Å². The topological polar surface area (TPSA) is 87.0 Å². The molecule has 0 spiro atoms. The van der Waals surface area contributed by atoms with Crippen molar-refractivity contribution in [1.29, 1.82) is 0 Å². The lowest BCUT2D eigenvalue weighted by atomic mass is 9.90. The molecular weight excluding hydrogens is 447 g/mol. The maximum absolute atomic E-state index is 13.1. The number of halogens is 1. The molecule has 1 aromatic heterocycles. The van der Waals surface area contributed by atoms with Gasteiger partial charge in [0.15, 0.2) is 5.76 Å². The smallest absolute Gasteiger partial charge is 0.248 e. The van der Waals surface area contributed by atoms with Crippen LogP contribution < -0.4 is 0 Å². The Morgan fingerprint density at radius 3 is 2.27 bits per heavy atom. The summed E-state index contributed by atoms with van der Waals surface area (Å²) in [7, 11) is -3.68. The molecule has 2 aliphatic heterocycles. The van der Waals surface area contributed by atoms with E-state index < -0.39 is 10.0 Å². The van der Waals surface area contributed by atoms with Gasteiger partial charge in [0.1, 0.15) is 16.4 Å². The number of piperazine rings is 1. The molecule has 2 aliphatic rings. The third-order valence-corrected chi connectivity index (χ3v) is 8.80. The highest BCUT2D eigenvalue weighted by Crippen LogP contribution is 2.25. The number of nitrogens with zero attached hydrogens (tertiary/aromatic N) is 4. The van der Waals surface area contributed by atoms with E-state index in [9.17, 15) is 17.6 Å². The lowest BCUT2D eigenvalue weighted by Gasteiger charge is -2.36. The fourth-order valence-electron chi connectivity index (χ4n) is 4.74. The molecule has 33 heavy (non-hydrogen) atoms. The Bertz CT molecular complexity index is 1050. The molecule has 10 heteroatoms. The van der Waals surface area contributed by atoms with E-state index in [1.165, 1.54) is 16.4 Å². The number of carbonyl (C=O) groups excluding carboxylic acids is 1. The van der Waals surface area contributed by atoms with Gasteiger partial charge in [0, 0.05) is 26.2 Å². The van der Waals surface area contributed by atoms with Gasteiger partial charge in [0.25, 0.3) is 0 Å². The average molecular weight is 479 g/mol. The zero-order chi connectivity index (χ0) is 23.6. The zero-order valence-electron chi connectivity index (χ0n) is 19.2. The molecule has 2 fully saturated rings. The normalized spacial score (nSPS) is 19.2. The molecule has 4 rings (SSSR count). The summed E-state index contributed by atoms with van der Waals surface area (Å²) in [6.45, 7) is 6.57. The Morgan fingerprint density at radius 1 is 1.06 bits per heavy atom. The van der Waals surface area contributed by atoms with Gasteiger partial charge in [-0.05, 0) is 69.8 Å². The standard InChI is InChI=1S/C23H31FN4O4S/c1-17-23(18(2)32-25-17)33(30,31)28-13-11-27(12-14-28)22(29)16-26-9-7-20(8-10-26)15-19-3-5-21(24)6-4-19/h3-6,20H,7-16H2,1-2H3. The molecule has 2 aromatic rings. The van der Waals surface area contributed by atoms with E-state index in [1.54, 1.807) is 18.7 Å². The first-order valence-corrected chi connectivity index (χ1v) is 12.9. The average Bonchev–Trinajstić information content (AvgIpc) is 3.15. The molecule has 0 N–H and O–H groups in total. The Balaban J connectivity index is 1.23. The quantitative estimate of drug-likeness (QED) is 0.633. The number of aryl methyl sites for hydroxylation is 2. The molecule has 1 amide bonds. The molecule has 1 aromatic carbocycles. The number of hydrogen-bond acceptors (Lipinski definition) is 6. The van der Waals surface area contributed by atoms with Crippen LogP contribution in [0.5, 0.6) is 0 Å². The molecule has 0 aliphatic carbocycles. The largest absolute Gasteiger partial charge is 0.360 e. The number of amides is 1. The molecule has 0 saturated carbocycles. The van der Waals surface area contributed by atoms with E-state index in [0.29, 0.717) is 31.2 Å². The summed E-state index contributed by atoms with van der Waals surface area (Å²) in [5.74, 6) is 0.657. The summed E-state index contributed by atoms with van der Waals surface area (Å²) >= 11 is 0. The third-order valence-electron chi connectivity index (χ3n) is 6.66. The first-order chi connectivity index (χ1) is 15.7. The highest BCUT2D eigenvalue weighted by atomic mass is 32.2. The van der Waals surface area contributed by atoms with Gasteiger partial charge in [-0.1, -0.05) is 17.3 Å². The van der Waals surface area contributed by atoms with Crippen molar-refractivity contribution in [3.05, 3.63) is 47.1 Å². The van der Waals surface area contributed by atoms with Crippen LogP contribution >= 0.6 is 0 Å². The monoisotopic (exact) mass is 478 g/mol. The molecule has 3 heterocycles. The molecule has 8 nitrogen and oxygen atoms in total. The number of piperidine rings is 1. The van der Waals surface area contributed by atoms with Crippen molar-refractivity contribution in [3.63, 3.8) is 0 Å². The SMILES string of the molecule is Cc1noc(C)c1S(=O)(=O)N1CCN(C(=O)CN2CCC(Cc3ccc(F)cc3)CC2)CC1. The molecule has 180 valence electrons. The van der Waals surface area contributed by atoms with Crippen LogP contribution in [0, 0.1) is 25.6 Å². The van der Waals surface area contributed by atoms with Gasteiger partial charge in [-0.2, -0.15) is 4.31 Å². The molecular formula is C23H31FN4O4S.